The summed E-state index contributed by atoms with van der Waals surface area (Å²) >= 11 is 0. The molecule has 0 aliphatic heterocycles. The molecule has 1 N–H and O–H groups in total. The van der Waals surface area contributed by atoms with E-state index in [2.05, 4.69) is 48.1 Å². The van der Waals surface area contributed by atoms with Gasteiger partial charge in [0.1, 0.15) is 0 Å². The van der Waals surface area contributed by atoms with E-state index >= 15 is 0 Å². The van der Waals surface area contributed by atoms with Crippen LogP contribution < -0.4 is 0 Å². The van der Waals surface area contributed by atoms with Gasteiger partial charge in [-0.05, 0) is 30.1 Å². The summed E-state index contributed by atoms with van der Waals surface area (Å²) in [7, 11) is 0. The highest BCUT2D eigenvalue weighted by Crippen LogP contribution is 2.46. The van der Waals surface area contributed by atoms with Gasteiger partial charge in [-0.2, -0.15) is 0 Å². The number of hydrogen-bond donors (Lipinski definition) is 1. The largest absolute Gasteiger partial charge is 0.389 e. The Morgan fingerprint density at radius 2 is 1.38 bits per heavy atom. The summed E-state index contributed by atoms with van der Waals surface area (Å²) in [6.45, 7) is 16.5. The second kappa shape index (κ2) is 5.35. The first-order valence-electron chi connectivity index (χ1n) is 6.39. The molecule has 0 aliphatic carbocycles. The molecule has 0 radical (unpaired) electrons. The summed E-state index contributed by atoms with van der Waals surface area (Å²) in [5.41, 5.74) is -0.778. The minimum atomic E-state index is -0.610. The van der Waals surface area contributed by atoms with Crippen LogP contribution in [0.4, 0.5) is 0 Å². The van der Waals surface area contributed by atoms with Gasteiger partial charge in [0.05, 0.1) is 5.60 Å². The quantitative estimate of drug-likeness (QED) is 0.538. The van der Waals surface area contributed by atoms with E-state index in [0.29, 0.717) is 0 Å². The third-order valence-electron chi connectivity index (χ3n) is 3.68. The molecule has 0 aromatic heterocycles. The van der Waals surface area contributed by atoms with Crippen LogP contribution in [0.5, 0.6) is 0 Å². The van der Waals surface area contributed by atoms with E-state index in [0.717, 1.165) is 25.7 Å². The summed E-state index contributed by atoms with van der Waals surface area (Å²) in [6.07, 6.45) is 6.06. The molecule has 0 amide bonds. The lowest BCUT2D eigenvalue weighted by atomic mass is 9.60. The summed E-state index contributed by atoms with van der Waals surface area (Å²) < 4.78 is 0. The van der Waals surface area contributed by atoms with Gasteiger partial charge in [0, 0.05) is 0 Å². The fourth-order valence-corrected chi connectivity index (χ4v) is 2.54. The Morgan fingerprint density at radius 1 is 0.938 bits per heavy atom. The van der Waals surface area contributed by atoms with E-state index in [4.69, 9.17) is 0 Å². The van der Waals surface area contributed by atoms with Crippen LogP contribution in [0.3, 0.4) is 0 Å². The molecule has 0 rings (SSSR count). The van der Waals surface area contributed by atoms with E-state index in [9.17, 15) is 5.11 Å². The second-order valence-corrected chi connectivity index (χ2v) is 6.89. The van der Waals surface area contributed by atoms with Crippen molar-refractivity contribution in [2.24, 2.45) is 10.8 Å². The molecule has 0 aromatic carbocycles. The van der Waals surface area contributed by atoms with Gasteiger partial charge >= 0.3 is 0 Å². The summed E-state index contributed by atoms with van der Waals surface area (Å²) in [5, 5.41) is 11.0. The minimum Gasteiger partial charge on any atom is -0.389 e. The molecule has 1 nitrogen and oxygen atoms in total. The first-order valence-corrected chi connectivity index (χ1v) is 6.39. The van der Waals surface area contributed by atoms with Gasteiger partial charge in [0.25, 0.3) is 0 Å². The highest BCUT2D eigenvalue weighted by atomic mass is 16.3. The zero-order valence-corrected chi connectivity index (χ0v) is 12.1. The highest BCUT2D eigenvalue weighted by molar-refractivity contribution is 4.99. The van der Waals surface area contributed by atoms with Crippen LogP contribution in [-0.4, -0.2) is 10.7 Å². The maximum Gasteiger partial charge on any atom is 0.0743 e. The molecule has 0 spiro atoms. The summed E-state index contributed by atoms with van der Waals surface area (Å²) in [5.74, 6) is 0. The Bertz CT molecular complexity index is 201. The topological polar surface area (TPSA) is 20.2 Å². The van der Waals surface area contributed by atoms with E-state index in [1.165, 1.54) is 0 Å². The molecule has 0 atom stereocenters. The van der Waals surface area contributed by atoms with Crippen LogP contribution in [0.25, 0.3) is 0 Å². The van der Waals surface area contributed by atoms with Gasteiger partial charge in [-0.3, -0.25) is 0 Å². The van der Waals surface area contributed by atoms with Gasteiger partial charge in [0.2, 0.25) is 0 Å². The highest BCUT2D eigenvalue weighted by Gasteiger charge is 2.48. The molecule has 1 heteroatoms. The normalized spacial score (nSPS) is 13.9. The third-order valence-corrected chi connectivity index (χ3v) is 3.68. The molecule has 16 heavy (non-hydrogen) atoms. The molecule has 0 aromatic rings. The first kappa shape index (κ1) is 15.7. The minimum absolute atomic E-state index is 0.0839. The second-order valence-electron chi connectivity index (χ2n) is 6.89. The first-order chi connectivity index (χ1) is 7.06. The fourth-order valence-electron chi connectivity index (χ4n) is 2.54. The number of unbranched alkanes of at least 4 members (excludes halogenated alkanes) is 2. The van der Waals surface area contributed by atoms with Crippen molar-refractivity contribution in [2.45, 2.75) is 72.8 Å². The number of aliphatic hydroxyl groups is 1. The van der Waals surface area contributed by atoms with Crippen molar-refractivity contribution in [2.75, 3.05) is 0 Å². The Kier molecular flexibility index (Phi) is 5.25. The number of hydrogen-bond acceptors (Lipinski definition) is 1. The molecule has 96 valence electrons. The van der Waals surface area contributed by atoms with E-state index in [1.807, 2.05) is 6.08 Å². The van der Waals surface area contributed by atoms with Crippen molar-refractivity contribution in [1.82, 2.24) is 0 Å². The number of rotatable bonds is 5. The average Bonchev–Trinajstić information content (AvgIpc) is 2.08. The molecule has 0 heterocycles. The van der Waals surface area contributed by atoms with Crippen molar-refractivity contribution in [3.8, 4) is 0 Å². The number of allylic oxidation sites excluding steroid dienone is 1. The van der Waals surface area contributed by atoms with Crippen molar-refractivity contribution in [1.29, 1.82) is 0 Å². The van der Waals surface area contributed by atoms with Crippen LogP contribution in [0.15, 0.2) is 12.7 Å². The van der Waals surface area contributed by atoms with Crippen molar-refractivity contribution < 1.29 is 5.11 Å². The smallest absolute Gasteiger partial charge is 0.0743 e. The Morgan fingerprint density at radius 3 is 1.69 bits per heavy atom. The molecule has 0 fully saturated rings. The standard InChI is InChI=1S/C15H30O/c1-8-9-10-11-12-15(16,13(2,3)4)14(5,6)7/h8,16H,1,9-12H2,2-7H3. The zero-order chi connectivity index (χ0) is 13.0. The summed E-state index contributed by atoms with van der Waals surface area (Å²) in [4.78, 5) is 0. The molecular weight excluding hydrogens is 196 g/mol. The maximum absolute atomic E-state index is 11.0. The lowest BCUT2D eigenvalue weighted by Gasteiger charge is -2.50. The lowest BCUT2D eigenvalue weighted by molar-refractivity contribution is -0.143. The third kappa shape index (κ3) is 3.62. The van der Waals surface area contributed by atoms with E-state index < -0.39 is 5.60 Å². The Balaban J connectivity index is 4.64. The van der Waals surface area contributed by atoms with Crippen molar-refractivity contribution >= 4 is 0 Å². The van der Waals surface area contributed by atoms with Crippen molar-refractivity contribution in [3.63, 3.8) is 0 Å². The van der Waals surface area contributed by atoms with Crippen molar-refractivity contribution in [3.05, 3.63) is 12.7 Å². The fraction of sp³-hybridized carbons (Fsp3) is 0.867. The zero-order valence-electron chi connectivity index (χ0n) is 12.1. The van der Waals surface area contributed by atoms with Crippen LogP contribution in [0.1, 0.15) is 67.2 Å². The predicted octanol–water partition coefficient (Wildman–Crippen LogP) is 4.56. The van der Waals surface area contributed by atoms with Gasteiger partial charge < -0.3 is 5.11 Å². The molecule has 0 saturated carbocycles. The van der Waals surface area contributed by atoms with E-state index in [-0.39, 0.29) is 10.8 Å². The molecule has 0 bridgehead atoms. The summed E-state index contributed by atoms with van der Waals surface area (Å²) in [6, 6.07) is 0. The van der Waals surface area contributed by atoms with E-state index in [1.54, 1.807) is 0 Å². The monoisotopic (exact) mass is 226 g/mol. The molecule has 0 unspecified atom stereocenters. The molecular formula is C15H30O. The van der Waals surface area contributed by atoms with Gasteiger partial charge in [-0.1, -0.05) is 54.0 Å². The maximum atomic E-state index is 11.0. The SMILES string of the molecule is C=CCCCCC(O)(C(C)(C)C)C(C)(C)C. The van der Waals surface area contributed by atoms with Crippen LogP contribution in [0.2, 0.25) is 0 Å². The average molecular weight is 226 g/mol. The molecule has 0 aliphatic rings. The van der Waals surface area contributed by atoms with Crippen LogP contribution in [0, 0.1) is 10.8 Å². The van der Waals surface area contributed by atoms with Gasteiger partial charge in [-0.25, -0.2) is 0 Å². The van der Waals surface area contributed by atoms with Gasteiger partial charge in [-0.15, -0.1) is 6.58 Å². The predicted molar refractivity (Wildman–Crippen MR) is 72.5 cm³/mol. The van der Waals surface area contributed by atoms with Crippen LogP contribution in [-0.2, 0) is 0 Å². The molecule has 0 saturated heterocycles. The van der Waals surface area contributed by atoms with Crippen LogP contribution >= 0.6 is 0 Å². The Labute approximate surface area is 102 Å². The Hall–Kier alpha value is -0.300. The lowest BCUT2D eigenvalue weighted by Crippen LogP contribution is -2.53. The van der Waals surface area contributed by atoms with Gasteiger partial charge in [0.15, 0.2) is 0 Å².